The van der Waals surface area contributed by atoms with Gasteiger partial charge >= 0.3 is 5.97 Å². The van der Waals surface area contributed by atoms with Crippen molar-refractivity contribution >= 4 is 5.97 Å². The Bertz CT molecular complexity index is 678. The Morgan fingerprint density at radius 2 is 2.25 bits per heavy atom. The number of hydrogen-bond acceptors (Lipinski definition) is 4. The molecule has 1 aromatic carbocycles. The maximum absolute atomic E-state index is 11.3. The molecule has 20 heavy (non-hydrogen) atoms. The topological polar surface area (TPSA) is 101 Å². The first-order valence-electron chi connectivity index (χ1n) is 6.46. The van der Waals surface area contributed by atoms with Gasteiger partial charge < -0.3 is 20.5 Å². The Balaban J connectivity index is 2.22. The van der Waals surface area contributed by atoms with E-state index in [1.54, 1.807) is 24.3 Å². The number of hydrogen-bond donors (Lipinski definition) is 3. The third-order valence-electron chi connectivity index (χ3n) is 3.56. The van der Waals surface area contributed by atoms with Gasteiger partial charge in [-0.1, -0.05) is 12.1 Å². The van der Waals surface area contributed by atoms with Crippen LogP contribution < -0.4 is 5.73 Å². The number of aromatic hydroxyl groups is 1. The van der Waals surface area contributed by atoms with Crippen LogP contribution in [0.4, 0.5) is 0 Å². The second-order valence-corrected chi connectivity index (χ2v) is 4.93. The summed E-state index contributed by atoms with van der Waals surface area (Å²) in [6.45, 7) is 0.689. The number of benzene rings is 1. The SMILES string of the molecule is NC1CCCn2c(-c3cccc(O)c3)nc(C(=O)O)c21. The highest BCUT2D eigenvalue weighted by atomic mass is 16.4. The number of nitrogens with zero attached hydrogens (tertiary/aromatic N) is 2. The Morgan fingerprint density at radius 1 is 1.45 bits per heavy atom. The minimum Gasteiger partial charge on any atom is -0.508 e. The summed E-state index contributed by atoms with van der Waals surface area (Å²) in [5, 5.41) is 18.9. The van der Waals surface area contributed by atoms with Crippen LogP contribution in [0.2, 0.25) is 0 Å². The number of carboxylic acid groups (broad SMARTS) is 1. The zero-order valence-electron chi connectivity index (χ0n) is 10.8. The van der Waals surface area contributed by atoms with Gasteiger partial charge in [0, 0.05) is 18.2 Å². The standard InChI is InChI=1S/C14H15N3O3/c15-10-5-2-6-17-12(10)11(14(19)20)16-13(17)8-3-1-4-9(18)7-8/h1,3-4,7,10,18H,2,5-6,15H2,(H,19,20). The van der Waals surface area contributed by atoms with Crippen LogP contribution in [0.3, 0.4) is 0 Å². The van der Waals surface area contributed by atoms with Crippen LogP contribution in [-0.4, -0.2) is 25.7 Å². The summed E-state index contributed by atoms with van der Waals surface area (Å²) >= 11 is 0. The highest BCUT2D eigenvalue weighted by Crippen LogP contribution is 2.32. The van der Waals surface area contributed by atoms with Crippen molar-refractivity contribution in [2.45, 2.75) is 25.4 Å². The van der Waals surface area contributed by atoms with E-state index in [9.17, 15) is 15.0 Å². The van der Waals surface area contributed by atoms with E-state index in [0.717, 1.165) is 12.8 Å². The van der Waals surface area contributed by atoms with E-state index in [4.69, 9.17) is 5.73 Å². The lowest BCUT2D eigenvalue weighted by molar-refractivity contribution is 0.0688. The van der Waals surface area contributed by atoms with Crippen LogP contribution in [0.5, 0.6) is 5.75 Å². The molecular formula is C14H15N3O3. The van der Waals surface area contributed by atoms with E-state index in [2.05, 4.69) is 4.98 Å². The summed E-state index contributed by atoms with van der Waals surface area (Å²) in [5.41, 5.74) is 7.30. The van der Waals surface area contributed by atoms with Gasteiger partial charge in [-0.15, -0.1) is 0 Å². The van der Waals surface area contributed by atoms with Crippen LogP contribution in [0.25, 0.3) is 11.4 Å². The summed E-state index contributed by atoms with van der Waals surface area (Å²) in [5.74, 6) is -0.405. The monoisotopic (exact) mass is 273 g/mol. The molecule has 6 nitrogen and oxygen atoms in total. The maximum atomic E-state index is 11.3. The van der Waals surface area contributed by atoms with E-state index in [1.807, 2.05) is 4.57 Å². The fraction of sp³-hybridized carbons (Fsp3) is 0.286. The Kier molecular flexibility index (Phi) is 2.94. The summed E-state index contributed by atoms with van der Waals surface area (Å²) in [7, 11) is 0. The molecule has 1 unspecified atom stereocenters. The van der Waals surface area contributed by atoms with Crippen LogP contribution in [-0.2, 0) is 6.54 Å². The number of phenolic OH excluding ortho intramolecular Hbond substituents is 1. The summed E-state index contributed by atoms with van der Waals surface area (Å²) in [6, 6.07) is 6.32. The van der Waals surface area contributed by atoms with Gasteiger partial charge in [0.25, 0.3) is 0 Å². The molecule has 0 saturated heterocycles. The van der Waals surface area contributed by atoms with Gasteiger partial charge in [0.05, 0.1) is 5.69 Å². The molecule has 0 bridgehead atoms. The zero-order valence-corrected chi connectivity index (χ0v) is 10.8. The van der Waals surface area contributed by atoms with Gasteiger partial charge in [-0.25, -0.2) is 9.78 Å². The van der Waals surface area contributed by atoms with Crippen LogP contribution in [0.1, 0.15) is 35.1 Å². The van der Waals surface area contributed by atoms with Crippen molar-refractivity contribution < 1.29 is 15.0 Å². The molecule has 1 aromatic heterocycles. The number of carboxylic acids is 1. The summed E-state index contributed by atoms with van der Waals surface area (Å²) < 4.78 is 1.85. The van der Waals surface area contributed by atoms with E-state index >= 15 is 0 Å². The van der Waals surface area contributed by atoms with Gasteiger partial charge in [-0.3, -0.25) is 0 Å². The number of phenols is 1. The van der Waals surface area contributed by atoms with Gasteiger partial charge in [-0.05, 0) is 25.0 Å². The molecule has 0 fully saturated rings. The van der Waals surface area contributed by atoms with E-state index < -0.39 is 5.97 Å². The highest BCUT2D eigenvalue weighted by Gasteiger charge is 2.29. The molecule has 1 aliphatic rings. The van der Waals surface area contributed by atoms with E-state index in [-0.39, 0.29) is 17.5 Å². The highest BCUT2D eigenvalue weighted by molar-refractivity contribution is 5.88. The maximum Gasteiger partial charge on any atom is 0.356 e. The van der Waals surface area contributed by atoms with Crippen molar-refractivity contribution in [3.05, 3.63) is 35.7 Å². The van der Waals surface area contributed by atoms with Crippen molar-refractivity contribution in [1.29, 1.82) is 0 Å². The average Bonchev–Trinajstić information content (AvgIpc) is 2.80. The number of carbonyl (C=O) groups is 1. The second-order valence-electron chi connectivity index (χ2n) is 4.93. The molecule has 3 rings (SSSR count). The lowest BCUT2D eigenvalue weighted by Crippen LogP contribution is -2.23. The first-order chi connectivity index (χ1) is 9.58. The number of nitrogens with two attached hydrogens (primary N) is 1. The third kappa shape index (κ3) is 1.94. The number of aromatic carboxylic acids is 1. The van der Waals surface area contributed by atoms with Crippen LogP contribution >= 0.6 is 0 Å². The van der Waals surface area contributed by atoms with Crippen LogP contribution in [0, 0.1) is 0 Å². The summed E-state index contributed by atoms with van der Waals surface area (Å²) in [6.07, 6.45) is 1.64. The molecule has 104 valence electrons. The largest absolute Gasteiger partial charge is 0.508 e. The van der Waals surface area contributed by atoms with Gasteiger partial charge in [0.2, 0.25) is 0 Å². The Hall–Kier alpha value is -2.34. The van der Waals surface area contributed by atoms with Crippen molar-refractivity contribution in [1.82, 2.24) is 9.55 Å². The zero-order chi connectivity index (χ0) is 14.3. The molecule has 0 saturated carbocycles. The smallest absolute Gasteiger partial charge is 0.356 e. The second kappa shape index (κ2) is 4.64. The molecule has 0 spiro atoms. The van der Waals surface area contributed by atoms with Crippen molar-refractivity contribution in [3.8, 4) is 17.1 Å². The molecule has 6 heteroatoms. The summed E-state index contributed by atoms with van der Waals surface area (Å²) in [4.78, 5) is 15.6. The molecule has 0 amide bonds. The normalized spacial score (nSPS) is 17.8. The average molecular weight is 273 g/mol. The molecule has 0 radical (unpaired) electrons. The third-order valence-corrected chi connectivity index (χ3v) is 3.56. The first kappa shape index (κ1) is 12.7. The fourth-order valence-electron chi connectivity index (χ4n) is 2.70. The Labute approximate surface area is 115 Å². The first-order valence-corrected chi connectivity index (χ1v) is 6.46. The van der Waals surface area contributed by atoms with Gasteiger partial charge in [0.15, 0.2) is 5.69 Å². The quantitative estimate of drug-likeness (QED) is 0.773. The number of imidazole rings is 1. The van der Waals surface area contributed by atoms with Crippen molar-refractivity contribution in [2.75, 3.05) is 0 Å². The van der Waals surface area contributed by atoms with E-state index in [0.29, 0.717) is 23.6 Å². The minimum atomic E-state index is -1.07. The lowest BCUT2D eigenvalue weighted by atomic mass is 10.0. The predicted octanol–water partition coefficient (Wildman–Crippen LogP) is 1.75. The number of fused-ring (bicyclic) bond motifs is 1. The molecule has 2 heterocycles. The van der Waals surface area contributed by atoms with Crippen molar-refractivity contribution in [3.63, 3.8) is 0 Å². The van der Waals surface area contributed by atoms with Crippen molar-refractivity contribution in [2.24, 2.45) is 5.73 Å². The van der Waals surface area contributed by atoms with Gasteiger partial charge in [0.1, 0.15) is 11.6 Å². The molecule has 1 atom stereocenters. The molecule has 1 aliphatic heterocycles. The molecule has 0 aliphatic carbocycles. The lowest BCUT2D eigenvalue weighted by Gasteiger charge is -2.22. The van der Waals surface area contributed by atoms with Crippen LogP contribution in [0.15, 0.2) is 24.3 Å². The minimum absolute atomic E-state index is 0.00976. The molecule has 2 aromatic rings. The molecular weight excluding hydrogens is 258 g/mol. The fourth-order valence-corrected chi connectivity index (χ4v) is 2.70. The Morgan fingerprint density at radius 3 is 2.95 bits per heavy atom. The number of rotatable bonds is 2. The molecule has 4 N–H and O–H groups in total. The predicted molar refractivity (Wildman–Crippen MR) is 72.4 cm³/mol. The van der Waals surface area contributed by atoms with Gasteiger partial charge in [-0.2, -0.15) is 0 Å². The van der Waals surface area contributed by atoms with E-state index in [1.165, 1.54) is 0 Å². The number of aromatic nitrogens is 2.